The Morgan fingerprint density at radius 3 is 2.41 bits per heavy atom. The number of aromatic nitrogens is 1. The van der Waals surface area contributed by atoms with Crippen molar-refractivity contribution >= 4 is 29.1 Å². The molecule has 1 aliphatic carbocycles. The predicted molar refractivity (Wildman–Crippen MR) is 178 cm³/mol. The number of nitrogens with zero attached hydrogens (tertiary/aromatic N) is 2. The molecule has 46 heavy (non-hydrogen) atoms. The smallest absolute Gasteiger partial charge is 0.246 e. The number of amides is 3. The van der Waals surface area contributed by atoms with Crippen molar-refractivity contribution in [1.29, 1.82) is 0 Å². The molecule has 3 aliphatic rings. The first kappa shape index (κ1) is 34.4. The Morgan fingerprint density at radius 2 is 1.78 bits per heavy atom. The lowest BCUT2D eigenvalue weighted by Crippen LogP contribution is -2.59. The average Bonchev–Trinajstić information content (AvgIpc) is 3.62. The Kier molecular flexibility index (Phi) is 11.1. The van der Waals surface area contributed by atoms with Crippen molar-refractivity contribution < 1.29 is 24.2 Å². The van der Waals surface area contributed by atoms with Gasteiger partial charge in [0.05, 0.1) is 47.0 Å². The van der Waals surface area contributed by atoms with Crippen LogP contribution in [0.5, 0.6) is 0 Å². The van der Waals surface area contributed by atoms with Crippen LogP contribution in [0.1, 0.15) is 77.1 Å². The van der Waals surface area contributed by atoms with Crippen LogP contribution in [-0.4, -0.2) is 95.3 Å². The molecular weight excluding hydrogens is 604 g/mol. The van der Waals surface area contributed by atoms with Gasteiger partial charge in [0.1, 0.15) is 12.1 Å². The first-order chi connectivity index (χ1) is 21.9. The minimum absolute atomic E-state index is 0.0371. The van der Waals surface area contributed by atoms with Crippen molar-refractivity contribution in [3.05, 3.63) is 41.0 Å². The predicted octanol–water partition coefficient (Wildman–Crippen LogP) is 2.68. The van der Waals surface area contributed by atoms with Crippen molar-refractivity contribution in [2.24, 2.45) is 5.41 Å². The third-order valence-corrected chi connectivity index (χ3v) is 10.4. The van der Waals surface area contributed by atoms with E-state index in [0.717, 1.165) is 60.5 Å². The second-order valence-corrected chi connectivity index (χ2v) is 15.0. The van der Waals surface area contributed by atoms with E-state index in [4.69, 9.17) is 4.74 Å². The summed E-state index contributed by atoms with van der Waals surface area (Å²) in [5.41, 5.74) is 4.19. The summed E-state index contributed by atoms with van der Waals surface area (Å²) in [5.74, 6) is -0.970. The van der Waals surface area contributed by atoms with Crippen molar-refractivity contribution in [3.8, 4) is 10.4 Å². The highest BCUT2D eigenvalue weighted by molar-refractivity contribution is 7.13. The number of carbonyl (C=O) groups excluding carboxylic acids is 3. The van der Waals surface area contributed by atoms with Crippen molar-refractivity contribution in [3.63, 3.8) is 0 Å². The molecule has 0 unspecified atom stereocenters. The molecule has 12 heteroatoms. The molecule has 3 amide bonds. The minimum Gasteiger partial charge on any atom is -0.391 e. The van der Waals surface area contributed by atoms with Gasteiger partial charge in [-0.2, -0.15) is 0 Å². The number of benzene rings is 1. The van der Waals surface area contributed by atoms with Crippen LogP contribution in [0.25, 0.3) is 10.4 Å². The zero-order chi connectivity index (χ0) is 33.0. The maximum Gasteiger partial charge on any atom is 0.246 e. The van der Waals surface area contributed by atoms with E-state index in [-0.39, 0.29) is 55.4 Å². The summed E-state index contributed by atoms with van der Waals surface area (Å²) < 4.78 is 6.19. The number of aryl methyl sites for hydroxylation is 1. The Labute approximate surface area is 276 Å². The molecule has 5 rings (SSSR count). The Balaban J connectivity index is 1.14. The van der Waals surface area contributed by atoms with E-state index in [9.17, 15) is 19.5 Å². The highest BCUT2D eigenvalue weighted by Gasteiger charge is 2.45. The Morgan fingerprint density at radius 1 is 1.09 bits per heavy atom. The van der Waals surface area contributed by atoms with E-state index in [1.54, 1.807) is 11.3 Å². The summed E-state index contributed by atoms with van der Waals surface area (Å²) in [4.78, 5) is 47.4. The molecule has 2 aliphatic heterocycles. The zero-order valence-electron chi connectivity index (χ0n) is 27.7. The van der Waals surface area contributed by atoms with Gasteiger partial charge in [0.2, 0.25) is 17.7 Å². The van der Waals surface area contributed by atoms with E-state index in [2.05, 4.69) is 26.3 Å². The van der Waals surface area contributed by atoms with Crippen LogP contribution in [0.15, 0.2) is 29.8 Å². The van der Waals surface area contributed by atoms with E-state index >= 15 is 0 Å². The normalized spacial score (nSPS) is 25.0. The number of aliphatic hydroxyl groups excluding tert-OH is 1. The summed E-state index contributed by atoms with van der Waals surface area (Å²) in [6.07, 6.45) is 3.68. The summed E-state index contributed by atoms with van der Waals surface area (Å²) >= 11 is 1.59. The van der Waals surface area contributed by atoms with E-state index < -0.39 is 23.6 Å². The number of thiazole rings is 1. The van der Waals surface area contributed by atoms with Crippen molar-refractivity contribution in [2.45, 2.75) is 109 Å². The molecule has 252 valence electrons. The fourth-order valence-electron chi connectivity index (χ4n) is 6.51. The number of hydrogen-bond acceptors (Lipinski definition) is 9. The lowest BCUT2D eigenvalue weighted by atomic mass is 9.85. The average molecular weight is 655 g/mol. The molecule has 11 nitrogen and oxygen atoms in total. The van der Waals surface area contributed by atoms with Crippen molar-refractivity contribution in [2.75, 3.05) is 26.2 Å². The first-order valence-electron chi connectivity index (χ1n) is 16.6. The molecule has 3 heterocycles. The number of likely N-dealkylation sites (tertiary alicyclic amines) is 1. The second kappa shape index (κ2) is 14.9. The van der Waals surface area contributed by atoms with Crippen LogP contribution in [-0.2, 0) is 19.1 Å². The molecule has 5 N–H and O–H groups in total. The molecule has 1 aromatic carbocycles. The van der Waals surface area contributed by atoms with Gasteiger partial charge in [-0.05, 0) is 69.2 Å². The number of hydrogen-bond donors (Lipinski definition) is 5. The molecular formula is C34H50N6O5S. The van der Waals surface area contributed by atoms with Gasteiger partial charge in [0.25, 0.3) is 0 Å². The van der Waals surface area contributed by atoms with Gasteiger partial charge in [-0.25, -0.2) is 4.98 Å². The molecule has 0 bridgehead atoms. The van der Waals surface area contributed by atoms with Gasteiger partial charge < -0.3 is 36.0 Å². The fraction of sp³-hybridized carbons (Fsp3) is 0.647. The SMILES string of the molecule is Cc1ncsc1-c1ccc([C@H](C)NC(=O)[C@@H]2C[C@@H](O)CN2C(=O)[C@@H](NC(=O)CNC2CC(OC3CCNCC3)C2)C(C)(C)C)cc1. The third kappa shape index (κ3) is 8.51. The van der Waals surface area contributed by atoms with Crippen LogP contribution >= 0.6 is 11.3 Å². The quantitative estimate of drug-likeness (QED) is 0.249. The molecule has 4 atom stereocenters. The maximum absolute atomic E-state index is 13.9. The lowest BCUT2D eigenvalue weighted by molar-refractivity contribution is -0.144. The molecule has 2 saturated heterocycles. The van der Waals surface area contributed by atoms with Gasteiger partial charge in [-0.1, -0.05) is 45.0 Å². The lowest BCUT2D eigenvalue weighted by Gasteiger charge is -2.39. The number of ether oxygens (including phenoxy) is 1. The first-order valence-corrected chi connectivity index (χ1v) is 17.4. The number of rotatable bonds is 11. The fourth-order valence-corrected chi connectivity index (χ4v) is 7.32. The number of carbonyl (C=O) groups is 3. The Bertz CT molecular complexity index is 1350. The van der Waals surface area contributed by atoms with E-state index in [1.165, 1.54) is 4.90 Å². The van der Waals surface area contributed by atoms with Crippen LogP contribution in [0.3, 0.4) is 0 Å². The van der Waals surface area contributed by atoms with Crippen LogP contribution in [0.4, 0.5) is 0 Å². The van der Waals surface area contributed by atoms with Crippen LogP contribution in [0.2, 0.25) is 0 Å². The summed E-state index contributed by atoms with van der Waals surface area (Å²) in [6.45, 7) is 11.7. The summed E-state index contributed by atoms with van der Waals surface area (Å²) in [6, 6.07) is 6.21. The van der Waals surface area contributed by atoms with Crippen LogP contribution < -0.4 is 21.3 Å². The van der Waals surface area contributed by atoms with Crippen LogP contribution in [0, 0.1) is 12.3 Å². The third-order valence-electron chi connectivity index (χ3n) is 9.38. The largest absolute Gasteiger partial charge is 0.391 e. The zero-order valence-corrected chi connectivity index (χ0v) is 28.5. The molecule has 1 aromatic heterocycles. The van der Waals surface area contributed by atoms with Gasteiger partial charge in [-0.3, -0.25) is 14.4 Å². The van der Waals surface area contributed by atoms with E-state index in [1.807, 2.05) is 64.4 Å². The second-order valence-electron chi connectivity index (χ2n) is 14.1. The summed E-state index contributed by atoms with van der Waals surface area (Å²) in [7, 11) is 0. The topological polar surface area (TPSA) is 145 Å². The number of β-amino-alcohol motifs (C(OH)–C–C–N with tert-alkyl or cyclic N) is 1. The minimum atomic E-state index is -0.861. The number of aliphatic hydroxyl groups is 1. The highest BCUT2D eigenvalue weighted by atomic mass is 32.1. The Hall–Kier alpha value is -2.90. The van der Waals surface area contributed by atoms with Crippen molar-refractivity contribution in [1.82, 2.24) is 31.2 Å². The molecule has 0 spiro atoms. The van der Waals surface area contributed by atoms with Gasteiger partial charge in [0.15, 0.2) is 0 Å². The number of piperidine rings is 1. The number of nitrogens with one attached hydrogen (secondary N) is 4. The van der Waals surface area contributed by atoms with Gasteiger partial charge in [0, 0.05) is 19.0 Å². The molecule has 0 radical (unpaired) electrons. The van der Waals surface area contributed by atoms with E-state index in [0.29, 0.717) is 6.10 Å². The summed E-state index contributed by atoms with van der Waals surface area (Å²) in [5, 5.41) is 23.2. The van der Waals surface area contributed by atoms with Gasteiger partial charge >= 0.3 is 0 Å². The molecule has 2 aromatic rings. The highest BCUT2D eigenvalue weighted by Crippen LogP contribution is 2.30. The van der Waals surface area contributed by atoms with Gasteiger partial charge in [-0.15, -0.1) is 11.3 Å². The monoisotopic (exact) mass is 654 g/mol. The maximum atomic E-state index is 13.9. The standard InChI is InChI=1S/C34H50N6O5S/c1-20(22-6-8-23(9-7-22)30-21(2)37-19-46-30)38-32(43)28-16-25(41)18-40(28)33(44)31(34(3,4)5)39-29(42)17-36-24-14-27(15-24)45-26-10-12-35-13-11-26/h6-9,19-20,24-28,31,35-36,41H,10-18H2,1-5H3,(H,38,43)(H,39,42)/t20-,24?,25+,27?,28-,31+/m0/s1. The molecule has 3 fully saturated rings. The molecule has 1 saturated carbocycles.